The molecule has 0 saturated heterocycles. The van der Waals surface area contributed by atoms with Crippen molar-refractivity contribution in [3.63, 3.8) is 0 Å². The van der Waals surface area contributed by atoms with Gasteiger partial charge >= 0.3 is 0 Å². The number of fused-ring (bicyclic) bond motifs is 2. The number of nitrogens with zero attached hydrogens (tertiary/aromatic N) is 5. The van der Waals surface area contributed by atoms with Crippen molar-refractivity contribution < 1.29 is 18.3 Å². The van der Waals surface area contributed by atoms with Crippen molar-refractivity contribution in [3.05, 3.63) is 54.4 Å². The molecule has 0 spiro atoms. The fourth-order valence-electron chi connectivity index (χ4n) is 5.74. The molecule has 2 aromatic heterocycles. The molecule has 1 amide bonds. The quantitative estimate of drug-likeness (QED) is 0.315. The Morgan fingerprint density at radius 1 is 1.10 bits per heavy atom. The van der Waals surface area contributed by atoms with E-state index in [1.54, 1.807) is 24.5 Å². The highest BCUT2D eigenvalue weighted by Gasteiger charge is 2.43. The van der Waals surface area contributed by atoms with Crippen LogP contribution in [0.15, 0.2) is 42.7 Å². The van der Waals surface area contributed by atoms with Gasteiger partial charge in [0.15, 0.2) is 23.2 Å². The number of ether oxygens (including phenoxy) is 1. The molecule has 1 fully saturated rings. The summed E-state index contributed by atoms with van der Waals surface area (Å²) in [4.78, 5) is 26.9. The summed E-state index contributed by atoms with van der Waals surface area (Å²) in [5.41, 5.74) is 1.64. The topological polar surface area (TPSA) is 99.3 Å². The number of aromatic amines is 1. The van der Waals surface area contributed by atoms with Crippen molar-refractivity contribution in [1.29, 1.82) is 0 Å². The summed E-state index contributed by atoms with van der Waals surface area (Å²) < 4.78 is 34.4. The van der Waals surface area contributed by atoms with E-state index in [-0.39, 0.29) is 23.6 Å². The van der Waals surface area contributed by atoms with Gasteiger partial charge in [0.2, 0.25) is 5.95 Å². The monoisotopic (exact) mass is 533 g/mol. The lowest BCUT2D eigenvalue weighted by atomic mass is 9.91. The lowest BCUT2D eigenvalue weighted by Crippen LogP contribution is -2.56. The number of benzene rings is 2. The maximum absolute atomic E-state index is 14.7. The molecular weight excluding hydrogens is 504 g/mol. The third-order valence-electron chi connectivity index (χ3n) is 7.58. The summed E-state index contributed by atoms with van der Waals surface area (Å²) in [6, 6.07) is 7.22. The van der Waals surface area contributed by atoms with E-state index in [4.69, 9.17) is 9.72 Å². The number of halogens is 2. The van der Waals surface area contributed by atoms with E-state index < -0.39 is 17.7 Å². The van der Waals surface area contributed by atoms with E-state index in [0.29, 0.717) is 40.2 Å². The van der Waals surface area contributed by atoms with Crippen molar-refractivity contribution in [3.8, 4) is 5.75 Å². The predicted octanol–water partition coefficient (Wildman–Crippen LogP) is 5.98. The van der Waals surface area contributed by atoms with Crippen LogP contribution in [0.5, 0.6) is 5.75 Å². The molecule has 1 atom stereocenters. The number of carbonyl (C=O) groups is 1. The van der Waals surface area contributed by atoms with Gasteiger partial charge in [0.25, 0.3) is 5.91 Å². The van der Waals surface area contributed by atoms with Gasteiger partial charge in [-0.05, 0) is 43.5 Å². The SMILES string of the molecule is CC[C@@H]1C(=O)N(c2ccc(OC)c(F)c2)c2cnc(Nc3cc(F)c4[nH]ncc4c3)nc2N1C1CCCCC1. The zero-order valence-corrected chi connectivity index (χ0v) is 21.7. The molecule has 202 valence electrons. The largest absolute Gasteiger partial charge is 0.494 e. The fraction of sp³-hybridized carbons (Fsp3) is 0.357. The summed E-state index contributed by atoms with van der Waals surface area (Å²) >= 11 is 0. The molecule has 1 aliphatic carbocycles. The first kappa shape index (κ1) is 25.0. The van der Waals surface area contributed by atoms with Crippen LogP contribution < -0.4 is 19.9 Å². The minimum atomic E-state index is -0.567. The second-order valence-electron chi connectivity index (χ2n) is 9.94. The summed E-state index contributed by atoms with van der Waals surface area (Å²) in [5, 5.41) is 10.3. The number of rotatable bonds is 6. The van der Waals surface area contributed by atoms with Crippen molar-refractivity contribution in [2.75, 3.05) is 22.2 Å². The highest BCUT2D eigenvalue weighted by Crippen LogP contribution is 2.44. The van der Waals surface area contributed by atoms with Crippen molar-refractivity contribution in [1.82, 2.24) is 20.2 Å². The molecule has 2 aliphatic rings. The van der Waals surface area contributed by atoms with E-state index in [2.05, 4.69) is 25.4 Å². The molecule has 0 bridgehead atoms. The van der Waals surface area contributed by atoms with E-state index in [1.165, 1.54) is 30.2 Å². The van der Waals surface area contributed by atoms with Crippen LogP contribution in [-0.2, 0) is 4.79 Å². The number of nitrogens with one attached hydrogen (secondary N) is 2. The molecule has 1 aliphatic heterocycles. The maximum atomic E-state index is 14.7. The molecule has 0 unspecified atom stereocenters. The third-order valence-corrected chi connectivity index (χ3v) is 7.58. The lowest BCUT2D eigenvalue weighted by molar-refractivity contribution is -0.119. The normalized spacial score (nSPS) is 17.9. The number of hydrogen-bond acceptors (Lipinski definition) is 7. The van der Waals surface area contributed by atoms with Crippen LogP contribution in [0.3, 0.4) is 0 Å². The molecule has 6 rings (SSSR count). The number of anilines is 5. The average molecular weight is 534 g/mol. The molecule has 2 N–H and O–H groups in total. The van der Waals surface area contributed by atoms with E-state index in [1.807, 2.05) is 6.92 Å². The minimum absolute atomic E-state index is 0.0944. The number of H-pyrrole nitrogens is 1. The molecule has 11 heteroatoms. The highest BCUT2D eigenvalue weighted by atomic mass is 19.1. The number of aromatic nitrogens is 4. The number of methoxy groups -OCH3 is 1. The van der Waals surface area contributed by atoms with Gasteiger partial charge in [-0.15, -0.1) is 0 Å². The summed E-state index contributed by atoms with van der Waals surface area (Å²) in [6.45, 7) is 1.97. The van der Waals surface area contributed by atoms with Gasteiger partial charge in [-0.1, -0.05) is 26.2 Å². The molecule has 0 radical (unpaired) electrons. The second kappa shape index (κ2) is 10.1. The van der Waals surface area contributed by atoms with Crippen LogP contribution in [0.1, 0.15) is 45.4 Å². The van der Waals surface area contributed by atoms with Gasteiger partial charge in [0.1, 0.15) is 17.2 Å². The van der Waals surface area contributed by atoms with Crippen molar-refractivity contribution in [2.45, 2.75) is 57.5 Å². The Balaban J connectivity index is 1.46. The zero-order valence-electron chi connectivity index (χ0n) is 21.7. The number of amides is 1. The maximum Gasteiger partial charge on any atom is 0.254 e. The van der Waals surface area contributed by atoms with Gasteiger partial charge in [0.05, 0.1) is 25.2 Å². The summed E-state index contributed by atoms with van der Waals surface area (Å²) in [5.74, 6) is -0.218. The van der Waals surface area contributed by atoms with Crippen LogP contribution in [0.4, 0.5) is 37.6 Å². The zero-order chi connectivity index (χ0) is 27.1. The molecular formula is C28H29F2N7O2. The first-order valence-electron chi connectivity index (χ1n) is 13.2. The van der Waals surface area contributed by atoms with Gasteiger partial charge in [-0.25, -0.2) is 13.8 Å². The van der Waals surface area contributed by atoms with E-state index in [0.717, 1.165) is 32.1 Å². The van der Waals surface area contributed by atoms with Crippen LogP contribution in [0.2, 0.25) is 0 Å². The molecule has 3 heterocycles. The Bertz CT molecular complexity index is 1540. The highest BCUT2D eigenvalue weighted by molar-refractivity contribution is 6.10. The van der Waals surface area contributed by atoms with Crippen LogP contribution in [-0.4, -0.2) is 45.3 Å². The average Bonchev–Trinajstić information content (AvgIpc) is 3.42. The minimum Gasteiger partial charge on any atom is -0.494 e. The van der Waals surface area contributed by atoms with Gasteiger partial charge in [-0.2, -0.15) is 10.1 Å². The summed E-state index contributed by atoms with van der Waals surface area (Å²) in [7, 11) is 1.40. The van der Waals surface area contributed by atoms with Crippen LogP contribution >= 0.6 is 0 Å². The smallest absolute Gasteiger partial charge is 0.254 e. The van der Waals surface area contributed by atoms with Crippen molar-refractivity contribution >= 4 is 45.6 Å². The Hall–Kier alpha value is -4.28. The van der Waals surface area contributed by atoms with Crippen LogP contribution in [0.25, 0.3) is 10.9 Å². The summed E-state index contributed by atoms with van der Waals surface area (Å²) in [6.07, 6.45) is 8.90. The molecule has 1 saturated carbocycles. The third kappa shape index (κ3) is 4.41. The van der Waals surface area contributed by atoms with E-state index >= 15 is 0 Å². The molecule has 9 nitrogen and oxygen atoms in total. The molecule has 4 aromatic rings. The Morgan fingerprint density at radius 3 is 2.67 bits per heavy atom. The molecule has 39 heavy (non-hydrogen) atoms. The van der Waals surface area contributed by atoms with Crippen molar-refractivity contribution in [2.24, 2.45) is 0 Å². The van der Waals surface area contributed by atoms with E-state index in [9.17, 15) is 13.6 Å². The number of hydrogen-bond donors (Lipinski definition) is 2. The predicted molar refractivity (Wildman–Crippen MR) is 145 cm³/mol. The second-order valence-corrected chi connectivity index (χ2v) is 9.94. The van der Waals surface area contributed by atoms with Gasteiger partial charge in [-0.3, -0.25) is 14.8 Å². The van der Waals surface area contributed by atoms with Gasteiger partial charge < -0.3 is 15.0 Å². The van der Waals surface area contributed by atoms with Crippen LogP contribution in [0, 0.1) is 11.6 Å². The first-order chi connectivity index (χ1) is 19.0. The Labute approximate surface area is 224 Å². The lowest BCUT2D eigenvalue weighted by Gasteiger charge is -2.46. The Kier molecular flexibility index (Phi) is 6.49. The molecule has 2 aromatic carbocycles. The Morgan fingerprint density at radius 2 is 1.92 bits per heavy atom. The number of carbonyl (C=O) groups excluding carboxylic acids is 1. The standard InChI is InChI=1S/C28H29F2N7O2/c1-3-22-27(38)37(19-9-10-24(39-2)20(29)13-19)23-15-31-28(34-26(23)36(22)18-7-5-4-6-8-18)33-17-11-16-14-32-35-25(16)21(30)12-17/h9-15,18,22H,3-8H2,1-2H3,(H,32,35)(H,31,33,34)/t22-/m1/s1. The van der Waals surface area contributed by atoms with Gasteiger partial charge in [0, 0.05) is 23.2 Å². The fourth-order valence-corrected chi connectivity index (χ4v) is 5.74. The first-order valence-corrected chi connectivity index (χ1v) is 13.2.